The molecule has 1 aromatic heterocycles. The first-order valence-corrected chi connectivity index (χ1v) is 11.0. The van der Waals surface area contributed by atoms with E-state index in [1.165, 1.54) is 12.1 Å². The Morgan fingerprint density at radius 2 is 2.19 bits per heavy atom. The van der Waals surface area contributed by atoms with E-state index >= 15 is 0 Å². The van der Waals surface area contributed by atoms with E-state index in [-0.39, 0.29) is 41.9 Å². The van der Waals surface area contributed by atoms with Gasteiger partial charge in [0.1, 0.15) is 5.82 Å². The fraction of sp³-hybridized carbons (Fsp3) is 0.545. The highest BCUT2D eigenvalue weighted by atomic mass is 127. The highest BCUT2D eigenvalue weighted by Crippen LogP contribution is 2.21. The Bertz CT molecular complexity index is 889. The number of likely N-dealkylation sites (N-methyl/N-ethyl adjacent to an activating group) is 1. The van der Waals surface area contributed by atoms with Gasteiger partial charge >= 0.3 is 0 Å². The third-order valence-corrected chi connectivity index (χ3v) is 6.03. The topological polar surface area (TPSA) is 60.7 Å². The van der Waals surface area contributed by atoms with Crippen LogP contribution in [-0.4, -0.2) is 72.4 Å². The number of hydrogen-bond donors (Lipinski definition) is 2. The molecule has 32 heavy (non-hydrogen) atoms. The predicted octanol–water partition coefficient (Wildman–Crippen LogP) is 3.26. The average molecular weight is 578 g/mol. The molecule has 10 heteroatoms. The lowest BCUT2D eigenvalue weighted by atomic mass is 10.0. The van der Waals surface area contributed by atoms with Crippen LogP contribution in [-0.2, 0) is 13.6 Å². The zero-order valence-electron chi connectivity index (χ0n) is 19.2. The molecule has 0 amide bonds. The molecule has 3 rings (SSSR count). The molecule has 0 saturated carbocycles. The van der Waals surface area contributed by atoms with Gasteiger partial charge in [-0.15, -0.1) is 24.0 Å². The zero-order valence-corrected chi connectivity index (χ0v) is 22.3. The van der Waals surface area contributed by atoms with Crippen molar-refractivity contribution in [2.24, 2.45) is 12.0 Å². The Morgan fingerprint density at radius 1 is 1.41 bits per heavy atom. The normalized spacial score (nSPS) is 18.3. The number of benzene rings is 1. The number of nitrogens with one attached hydrogen (secondary N) is 2. The predicted molar refractivity (Wildman–Crippen MR) is 139 cm³/mol. The number of rotatable bonds is 7. The van der Waals surface area contributed by atoms with E-state index in [4.69, 9.17) is 11.6 Å². The number of halogens is 3. The van der Waals surface area contributed by atoms with E-state index in [2.05, 4.69) is 44.6 Å². The third-order valence-electron chi connectivity index (χ3n) is 5.67. The van der Waals surface area contributed by atoms with Crippen LogP contribution in [0.4, 0.5) is 4.39 Å². The van der Waals surface area contributed by atoms with Gasteiger partial charge in [-0.05, 0) is 51.2 Å². The molecule has 0 aliphatic carbocycles. The number of guanidine groups is 1. The number of aliphatic imine (C=N–C) groups is 1. The molecule has 178 valence electrons. The SMILES string of the molecule is CN=C(NCC(c1cnn(C)c1)N(C)C)NC1CCCN(Cc2ccc(F)cc2Cl)C1.I. The van der Waals surface area contributed by atoms with Crippen LogP contribution in [0.2, 0.25) is 5.02 Å². The summed E-state index contributed by atoms with van der Waals surface area (Å²) >= 11 is 6.22. The quantitative estimate of drug-likeness (QED) is 0.301. The molecule has 1 aliphatic heterocycles. The molecule has 0 bridgehead atoms. The second-order valence-electron chi connectivity index (χ2n) is 8.33. The monoisotopic (exact) mass is 577 g/mol. The minimum atomic E-state index is -0.302. The maximum Gasteiger partial charge on any atom is 0.191 e. The van der Waals surface area contributed by atoms with Gasteiger partial charge in [0.25, 0.3) is 0 Å². The van der Waals surface area contributed by atoms with Gasteiger partial charge in [0, 0.05) is 56.6 Å². The van der Waals surface area contributed by atoms with Crippen molar-refractivity contribution in [2.45, 2.75) is 31.5 Å². The van der Waals surface area contributed by atoms with E-state index < -0.39 is 0 Å². The number of aryl methyl sites for hydroxylation is 1. The van der Waals surface area contributed by atoms with E-state index in [9.17, 15) is 4.39 Å². The number of hydrogen-bond acceptors (Lipinski definition) is 4. The summed E-state index contributed by atoms with van der Waals surface area (Å²) in [4.78, 5) is 8.94. The Labute approximate surface area is 212 Å². The van der Waals surface area contributed by atoms with Gasteiger partial charge in [-0.2, -0.15) is 5.10 Å². The summed E-state index contributed by atoms with van der Waals surface area (Å²) < 4.78 is 15.1. The fourth-order valence-electron chi connectivity index (χ4n) is 4.00. The van der Waals surface area contributed by atoms with Crippen molar-refractivity contribution in [2.75, 3.05) is 40.8 Å². The molecule has 1 saturated heterocycles. The minimum Gasteiger partial charge on any atom is -0.354 e. The van der Waals surface area contributed by atoms with Crippen LogP contribution in [0.15, 0.2) is 35.6 Å². The average Bonchev–Trinajstić information content (AvgIpc) is 3.15. The molecular weight excluding hydrogens is 544 g/mol. The van der Waals surface area contributed by atoms with Crippen molar-refractivity contribution in [1.82, 2.24) is 30.2 Å². The lowest BCUT2D eigenvalue weighted by molar-refractivity contribution is 0.192. The van der Waals surface area contributed by atoms with Crippen molar-refractivity contribution in [3.8, 4) is 0 Å². The largest absolute Gasteiger partial charge is 0.354 e. The lowest BCUT2D eigenvalue weighted by Gasteiger charge is -2.34. The van der Waals surface area contributed by atoms with Crippen molar-refractivity contribution < 1.29 is 4.39 Å². The van der Waals surface area contributed by atoms with Gasteiger partial charge in [-0.3, -0.25) is 14.6 Å². The maximum atomic E-state index is 13.3. The van der Waals surface area contributed by atoms with E-state index in [1.54, 1.807) is 13.1 Å². The summed E-state index contributed by atoms with van der Waals surface area (Å²) in [7, 11) is 7.85. The summed E-state index contributed by atoms with van der Waals surface area (Å²) in [6, 6.07) is 5.10. The standard InChI is InChI=1S/C22H33ClFN7.HI/c1-25-22(26-12-21(29(2)3)17-11-27-30(4)13-17)28-19-6-5-9-31(15-19)14-16-7-8-18(24)10-20(16)23;/h7-8,10-11,13,19,21H,5-6,9,12,14-15H2,1-4H3,(H2,25,26,28);1H. The van der Waals surface area contributed by atoms with Gasteiger partial charge in [-0.25, -0.2) is 4.39 Å². The Morgan fingerprint density at radius 3 is 2.81 bits per heavy atom. The third kappa shape index (κ3) is 7.57. The Kier molecular flexibility index (Phi) is 10.7. The van der Waals surface area contributed by atoms with Crippen LogP contribution in [0.1, 0.15) is 30.0 Å². The van der Waals surface area contributed by atoms with Crippen molar-refractivity contribution in [3.05, 3.63) is 52.6 Å². The Balaban J connectivity index is 0.00000363. The number of nitrogens with zero attached hydrogens (tertiary/aromatic N) is 5. The summed E-state index contributed by atoms with van der Waals surface area (Å²) in [5.74, 6) is 0.492. The summed E-state index contributed by atoms with van der Waals surface area (Å²) in [5.41, 5.74) is 2.12. The minimum absolute atomic E-state index is 0. The van der Waals surface area contributed by atoms with Crippen LogP contribution < -0.4 is 10.6 Å². The molecule has 0 radical (unpaired) electrons. The Hall–Kier alpha value is -1.43. The molecule has 2 N–H and O–H groups in total. The molecule has 2 unspecified atom stereocenters. The first kappa shape index (κ1) is 26.8. The molecule has 1 aliphatic rings. The molecule has 1 fully saturated rings. The highest BCUT2D eigenvalue weighted by molar-refractivity contribution is 14.0. The van der Waals surface area contributed by atoms with Crippen molar-refractivity contribution in [1.29, 1.82) is 0 Å². The second kappa shape index (κ2) is 12.7. The van der Waals surface area contributed by atoms with Crippen molar-refractivity contribution in [3.63, 3.8) is 0 Å². The van der Waals surface area contributed by atoms with E-state index in [1.807, 2.05) is 24.1 Å². The van der Waals surface area contributed by atoms with Crippen LogP contribution in [0.3, 0.4) is 0 Å². The molecule has 1 aromatic carbocycles. The smallest absolute Gasteiger partial charge is 0.191 e. The fourth-order valence-corrected chi connectivity index (χ4v) is 4.23. The molecule has 2 heterocycles. The molecular formula is C22H34ClFIN7. The summed E-state index contributed by atoms with van der Waals surface area (Å²) in [5, 5.41) is 11.8. The van der Waals surface area contributed by atoms with E-state index in [0.717, 1.165) is 49.6 Å². The lowest BCUT2D eigenvalue weighted by Crippen LogP contribution is -2.51. The van der Waals surface area contributed by atoms with Gasteiger partial charge < -0.3 is 15.5 Å². The zero-order chi connectivity index (χ0) is 22.4. The van der Waals surface area contributed by atoms with Crippen LogP contribution >= 0.6 is 35.6 Å². The van der Waals surface area contributed by atoms with Gasteiger partial charge in [0.2, 0.25) is 0 Å². The van der Waals surface area contributed by atoms with E-state index in [0.29, 0.717) is 11.6 Å². The maximum absolute atomic E-state index is 13.3. The van der Waals surface area contributed by atoms with Gasteiger partial charge in [0.05, 0.1) is 12.2 Å². The summed E-state index contributed by atoms with van der Waals surface area (Å²) in [6.07, 6.45) is 6.11. The number of piperidine rings is 1. The summed E-state index contributed by atoms with van der Waals surface area (Å²) in [6.45, 7) is 3.32. The van der Waals surface area contributed by atoms with Crippen LogP contribution in [0, 0.1) is 5.82 Å². The molecule has 2 atom stereocenters. The number of likely N-dealkylation sites (tertiary alicyclic amines) is 1. The van der Waals surface area contributed by atoms with Crippen LogP contribution in [0.5, 0.6) is 0 Å². The molecule has 7 nitrogen and oxygen atoms in total. The molecule has 2 aromatic rings. The van der Waals surface area contributed by atoms with Crippen LogP contribution in [0.25, 0.3) is 0 Å². The highest BCUT2D eigenvalue weighted by Gasteiger charge is 2.22. The first-order chi connectivity index (χ1) is 14.9. The van der Waals surface area contributed by atoms with Crippen molar-refractivity contribution >= 4 is 41.5 Å². The van der Waals surface area contributed by atoms with Gasteiger partial charge in [-0.1, -0.05) is 17.7 Å². The van der Waals surface area contributed by atoms with Gasteiger partial charge in [0.15, 0.2) is 5.96 Å². The second-order valence-corrected chi connectivity index (χ2v) is 8.74. The number of aromatic nitrogens is 2. The molecule has 0 spiro atoms. The first-order valence-electron chi connectivity index (χ1n) is 10.6.